The minimum absolute atomic E-state index is 0.726. The summed E-state index contributed by atoms with van der Waals surface area (Å²) in [5.74, 6) is 1.61. The summed E-state index contributed by atoms with van der Waals surface area (Å²) in [6, 6.07) is 2.12. The quantitative estimate of drug-likeness (QED) is 0.582. The average molecular weight is 321 g/mol. The van der Waals surface area contributed by atoms with Gasteiger partial charge in [-0.3, -0.25) is 4.99 Å². The largest absolute Gasteiger partial charge is 0.383 e. The summed E-state index contributed by atoms with van der Waals surface area (Å²) in [5.41, 5.74) is 1.27. The molecule has 0 amide bonds. The lowest BCUT2D eigenvalue weighted by Gasteiger charge is -2.32. The highest BCUT2D eigenvalue weighted by Gasteiger charge is 2.18. The smallest absolute Gasteiger partial charge is 0.191 e. The molecule has 1 saturated heterocycles. The molecule has 2 heterocycles. The molecule has 0 aliphatic carbocycles. The molecular weight excluding hydrogens is 290 g/mol. The van der Waals surface area contributed by atoms with E-state index >= 15 is 0 Å². The maximum Gasteiger partial charge on any atom is 0.191 e. The Kier molecular flexibility index (Phi) is 7.42. The Hall–Kier alpha value is -1.53. The molecule has 2 rings (SSSR count). The number of hydrogen-bond donors (Lipinski definition) is 2. The van der Waals surface area contributed by atoms with Crippen molar-refractivity contribution in [3.63, 3.8) is 0 Å². The standard InChI is InChI=1S/C17H31N5O/c1-18-17(20-13-16-4-7-21(2)14-16)19-12-15-5-8-22(9-6-15)10-11-23-3/h4,7,14-15H,5-6,8-13H2,1-3H3,(H2,18,19,20). The number of aliphatic imine (C=N–C) groups is 1. The number of likely N-dealkylation sites (tertiary alicyclic amines) is 1. The minimum atomic E-state index is 0.726. The number of nitrogens with one attached hydrogen (secondary N) is 2. The number of methoxy groups -OCH3 is 1. The zero-order valence-electron chi connectivity index (χ0n) is 14.7. The van der Waals surface area contributed by atoms with E-state index in [4.69, 9.17) is 4.74 Å². The van der Waals surface area contributed by atoms with Crippen LogP contribution < -0.4 is 10.6 Å². The van der Waals surface area contributed by atoms with Gasteiger partial charge in [0.25, 0.3) is 0 Å². The lowest BCUT2D eigenvalue weighted by molar-refractivity contribution is 0.121. The van der Waals surface area contributed by atoms with E-state index in [-0.39, 0.29) is 0 Å². The Labute approximate surface area is 139 Å². The molecule has 1 aromatic rings. The first-order valence-corrected chi connectivity index (χ1v) is 8.48. The Morgan fingerprint density at radius 2 is 2.13 bits per heavy atom. The fourth-order valence-electron chi connectivity index (χ4n) is 2.95. The molecule has 6 nitrogen and oxygen atoms in total. The molecule has 6 heteroatoms. The maximum atomic E-state index is 5.15. The summed E-state index contributed by atoms with van der Waals surface area (Å²) in [6.07, 6.45) is 6.67. The fourth-order valence-corrected chi connectivity index (χ4v) is 2.95. The van der Waals surface area contributed by atoms with Gasteiger partial charge in [-0.05, 0) is 43.5 Å². The predicted molar refractivity (Wildman–Crippen MR) is 94.7 cm³/mol. The van der Waals surface area contributed by atoms with Gasteiger partial charge >= 0.3 is 0 Å². The first kappa shape index (κ1) is 17.8. The van der Waals surface area contributed by atoms with Gasteiger partial charge in [-0.25, -0.2) is 0 Å². The van der Waals surface area contributed by atoms with Crippen LogP contribution in [0.15, 0.2) is 23.5 Å². The molecule has 130 valence electrons. The molecule has 1 aromatic heterocycles. The second-order valence-electron chi connectivity index (χ2n) is 6.27. The van der Waals surface area contributed by atoms with Crippen molar-refractivity contribution >= 4 is 5.96 Å². The molecule has 0 unspecified atom stereocenters. The van der Waals surface area contributed by atoms with Crippen molar-refractivity contribution in [3.05, 3.63) is 24.0 Å². The minimum Gasteiger partial charge on any atom is -0.383 e. The summed E-state index contributed by atoms with van der Waals surface area (Å²) in [7, 11) is 5.63. The van der Waals surface area contributed by atoms with Gasteiger partial charge in [0.05, 0.1) is 6.61 Å². The second-order valence-corrected chi connectivity index (χ2v) is 6.27. The van der Waals surface area contributed by atoms with Gasteiger partial charge < -0.3 is 24.8 Å². The van der Waals surface area contributed by atoms with Crippen LogP contribution in [0, 0.1) is 5.92 Å². The van der Waals surface area contributed by atoms with Crippen molar-refractivity contribution in [2.24, 2.45) is 18.0 Å². The number of nitrogens with zero attached hydrogens (tertiary/aromatic N) is 3. The van der Waals surface area contributed by atoms with E-state index in [1.165, 1.54) is 31.5 Å². The number of guanidine groups is 1. The third-order valence-electron chi connectivity index (χ3n) is 4.45. The summed E-state index contributed by atoms with van der Waals surface area (Å²) in [5, 5.41) is 6.84. The fraction of sp³-hybridized carbons (Fsp3) is 0.706. The summed E-state index contributed by atoms with van der Waals surface area (Å²) >= 11 is 0. The third kappa shape index (κ3) is 6.23. The van der Waals surface area contributed by atoms with E-state index in [0.717, 1.165) is 38.1 Å². The molecule has 2 N–H and O–H groups in total. The Balaban J connectivity index is 1.64. The molecule has 0 radical (unpaired) electrons. The van der Waals surface area contributed by atoms with Crippen LogP contribution in [0.5, 0.6) is 0 Å². The average Bonchev–Trinajstić information content (AvgIpc) is 2.99. The SMILES string of the molecule is CN=C(NCc1ccn(C)c1)NCC1CCN(CCOC)CC1. The van der Waals surface area contributed by atoms with Gasteiger partial charge in [-0.2, -0.15) is 0 Å². The van der Waals surface area contributed by atoms with Crippen LogP contribution in [0.25, 0.3) is 0 Å². The van der Waals surface area contributed by atoms with Crippen LogP contribution in [0.2, 0.25) is 0 Å². The van der Waals surface area contributed by atoms with Crippen LogP contribution in [-0.4, -0.2) is 62.4 Å². The van der Waals surface area contributed by atoms with Crippen molar-refractivity contribution in [1.82, 2.24) is 20.1 Å². The van der Waals surface area contributed by atoms with Crippen molar-refractivity contribution in [2.45, 2.75) is 19.4 Å². The summed E-state index contributed by atoms with van der Waals surface area (Å²) < 4.78 is 7.21. The van der Waals surface area contributed by atoms with Crippen LogP contribution in [0.1, 0.15) is 18.4 Å². The molecule has 23 heavy (non-hydrogen) atoms. The van der Waals surface area contributed by atoms with Crippen molar-refractivity contribution in [3.8, 4) is 0 Å². The van der Waals surface area contributed by atoms with Gasteiger partial charge in [0.2, 0.25) is 0 Å². The van der Waals surface area contributed by atoms with Gasteiger partial charge in [0, 0.05) is 53.2 Å². The first-order valence-electron chi connectivity index (χ1n) is 8.48. The van der Waals surface area contributed by atoms with Crippen molar-refractivity contribution < 1.29 is 4.74 Å². The van der Waals surface area contributed by atoms with Crippen molar-refractivity contribution in [2.75, 3.05) is 46.9 Å². The predicted octanol–water partition coefficient (Wildman–Crippen LogP) is 1.05. The Bertz CT molecular complexity index is 477. The molecule has 1 fully saturated rings. The summed E-state index contributed by atoms with van der Waals surface area (Å²) in [6.45, 7) is 6.02. The molecule has 0 saturated carbocycles. The van der Waals surface area contributed by atoms with E-state index in [1.807, 2.05) is 14.1 Å². The van der Waals surface area contributed by atoms with E-state index in [1.54, 1.807) is 7.11 Å². The van der Waals surface area contributed by atoms with Gasteiger partial charge in [-0.1, -0.05) is 0 Å². The molecule has 0 spiro atoms. The molecule has 1 aliphatic heterocycles. The number of ether oxygens (including phenoxy) is 1. The number of hydrogen-bond acceptors (Lipinski definition) is 3. The molecular formula is C17H31N5O. The Morgan fingerprint density at radius 1 is 1.35 bits per heavy atom. The first-order chi connectivity index (χ1) is 11.2. The number of aromatic nitrogens is 1. The normalized spacial score (nSPS) is 17.4. The van der Waals surface area contributed by atoms with Crippen LogP contribution in [0.4, 0.5) is 0 Å². The van der Waals surface area contributed by atoms with Gasteiger partial charge in [-0.15, -0.1) is 0 Å². The van der Waals surface area contributed by atoms with E-state index in [2.05, 4.69) is 43.6 Å². The van der Waals surface area contributed by atoms with Crippen molar-refractivity contribution in [1.29, 1.82) is 0 Å². The second kappa shape index (κ2) is 9.57. The van der Waals surface area contributed by atoms with Gasteiger partial charge in [0.1, 0.15) is 0 Å². The highest BCUT2D eigenvalue weighted by atomic mass is 16.5. The van der Waals surface area contributed by atoms with Crippen LogP contribution >= 0.6 is 0 Å². The van der Waals surface area contributed by atoms with E-state index in [0.29, 0.717) is 0 Å². The van der Waals surface area contributed by atoms with Crippen LogP contribution in [0.3, 0.4) is 0 Å². The third-order valence-corrected chi connectivity index (χ3v) is 4.45. The molecule has 0 aromatic carbocycles. The maximum absolute atomic E-state index is 5.15. The van der Waals surface area contributed by atoms with E-state index < -0.39 is 0 Å². The number of rotatable bonds is 7. The topological polar surface area (TPSA) is 53.8 Å². The lowest BCUT2D eigenvalue weighted by atomic mass is 9.97. The highest BCUT2D eigenvalue weighted by molar-refractivity contribution is 5.79. The van der Waals surface area contributed by atoms with Crippen LogP contribution in [-0.2, 0) is 18.3 Å². The summed E-state index contributed by atoms with van der Waals surface area (Å²) in [4.78, 5) is 6.80. The molecule has 0 atom stereocenters. The molecule has 1 aliphatic rings. The highest BCUT2D eigenvalue weighted by Crippen LogP contribution is 2.15. The lowest BCUT2D eigenvalue weighted by Crippen LogP contribution is -2.43. The monoisotopic (exact) mass is 321 g/mol. The van der Waals surface area contributed by atoms with E-state index in [9.17, 15) is 0 Å². The van der Waals surface area contributed by atoms with Gasteiger partial charge in [0.15, 0.2) is 5.96 Å². The number of aryl methyl sites for hydroxylation is 1. The Morgan fingerprint density at radius 3 is 2.74 bits per heavy atom. The zero-order chi connectivity index (χ0) is 16.5. The number of piperidine rings is 1. The molecule has 0 bridgehead atoms. The zero-order valence-corrected chi connectivity index (χ0v) is 14.7.